The Bertz CT molecular complexity index is 1120. The first kappa shape index (κ1) is 18.8. The van der Waals surface area contributed by atoms with Crippen LogP contribution in [-0.4, -0.2) is 32.7 Å². The van der Waals surface area contributed by atoms with E-state index in [4.69, 9.17) is 10.7 Å². The summed E-state index contributed by atoms with van der Waals surface area (Å²) in [5, 5.41) is 8.97. The highest BCUT2D eigenvalue weighted by Gasteiger charge is 2.16. The number of halogens is 1. The molecule has 4 aromatic rings. The molecule has 3 heterocycles. The zero-order valence-electron chi connectivity index (χ0n) is 15.8. The van der Waals surface area contributed by atoms with Gasteiger partial charge in [0.05, 0.1) is 21.9 Å². The van der Waals surface area contributed by atoms with Crippen molar-refractivity contribution in [2.24, 2.45) is 0 Å². The Balaban J connectivity index is 1.71. The lowest BCUT2D eigenvalue weighted by Gasteiger charge is -2.10. The number of hydrogen-bond donors (Lipinski definition) is 2. The average molecular weight is 439 g/mol. The first-order valence-electron chi connectivity index (χ1n) is 9.56. The summed E-state index contributed by atoms with van der Waals surface area (Å²) in [7, 11) is 0. The van der Waals surface area contributed by atoms with E-state index in [2.05, 4.69) is 50.4 Å². The Morgan fingerprint density at radius 1 is 1.18 bits per heavy atom. The SMILES string of the molecule is CCCNCCCc1nc2c(-c3cnc4ccccc4c3)cnn2c(N)c1Br. The molecule has 3 aromatic heterocycles. The highest BCUT2D eigenvalue weighted by atomic mass is 79.9. The van der Waals surface area contributed by atoms with Crippen LogP contribution in [0.4, 0.5) is 5.82 Å². The van der Waals surface area contributed by atoms with Crippen LogP contribution in [0.25, 0.3) is 27.7 Å². The van der Waals surface area contributed by atoms with Crippen LogP contribution in [0, 0.1) is 0 Å². The van der Waals surface area contributed by atoms with Gasteiger partial charge in [0.15, 0.2) is 5.65 Å². The number of hydrogen-bond acceptors (Lipinski definition) is 5. The Kier molecular flexibility index (Phi) is 5.54. The maximum absolute atomic E-state index is 6.34. The maximum Gasteiger partial charge on any atom is 0.165 e. The van der Waals surface area contributed by atoms with Gasteiger partial charge in [-0.2, -0.15) is 9.61 Å². The normalized spacial score (nSPS) is 11.5. The third kappa shape index (κ3) is 3.59. The second-order valence-corrected chi connectivity index (χ2v) is 7.61. The van der Waals surface area contributed by atoms with E-state index in [0.29, 0.717) is 5.82 Å². The van der Waals surface area contributed by atoms with Gasteiger partial charge in [0, 0.05) is 22.7 Å². The molecule has 0 unspecified atom stereocenters. The third-order valence-electron chi connectivity index (χ3n) is 4.79. The van der Waals surface area contributed by atoms with E-state index in [1.807, 2.05) is 30.6 Å². The van der Waals surface area contributed by atoms with Gasteiger partial charge >= 0.3 is 0 Å². The number of rotatable bonds is 7. The first-order valence-corrected chi connectivity index (χ1v) is 10.4. The van der Waals surface area contributed by atoms with E-state index in [0.717, 1.165) is 70.2 Å². The van der Waals surface area contributed by atoms with E-state index < -0.39 is 0 Å². The summed E-state index contributed by atoms with van der Waals surface area (Å²) in [6.45, 7) is 4.17. The van der Waals surface area contributed by atoms with Gasteiger partial charge in [-0.05, 0) is 60.4 Å². The zero-order chi connectivity index (χ0) is 19.5. The number of aryl methyl sites for hydroxylation is 1. The van der Waals surface area contributed by atoms with Crippen LogP contribution in [0.1, 0.15) is 25.5 Å². The van der Waals surface area contributed by atoms with E-state index >= 15 is 0 Å². The van der Waals surface area contributed by atoms with E-state index in [9.17, 15) is 0 Å². The number of nitrogens with one attached hydrogen (secondary N) is 1. The molecule has 28 heavy (non-hydrogen) atoms. The molecule has 0 saturated carbocycles. The van der Waals surface area contributed by atoms with Crippen LogP contribution in [0.5, 0.6) is 0 Å². The highest BCUT2D eigenvalue weighted by molar-refractivity contribution is 9.10. The van der Waals surface area contributed by atoms with Crippen LogP contribution >= 0.6 is 15.9 Å². The van der Waals surface area contributed by atoms with Gasteiger partial charge in [0.2, 0.25) is 0 Å². The van der Waals surface area contributed by atoms with Gasteiger partial charge in [0.1, 0.15) is 5.82 Å². The molecule has 0 radical (unpaired) electrons. The van der Waals surface area contributed by atoms with Gasteiger partial charge in [-0.15, -0.1) is 0 Å². The number of nitrogens with zero attached hydrogens (tertiary/aromatic N) is 4. The molecule has 0 amide bonds. The molecular formula is C21H23BrN6. The zero-order valence-corrected chi connectivity index (χ0v) is 17.4. The van der Waals surface area contributed by atoms with Gasteiger partial charge < -0.3 is 11.1 Å². The number of anilines is 1. The van der Waals surface area contributed by atoms with Crippen molar-refractivity contribution in [2.45, 2.75) is 26.2 Å². The minimum absolute atomic E-state index is 0.571. The van der Waals surface area contributed by atoms with Crippen LogP contribution < -0.4 is 11.1 Å². The largest absolute Gasteiger partial charge is 0.383 e. The number of nitrogens with two attached hydrogens (primary N) is 1. The number of benzene rings is 1. The molecule has 0 saturated heterocycles. The van der Waals surface area contributed by atoms with Crippen molar-refractivity contribution in [2.75, 3.05) is 18.8 Å². The predicted octanol–water partition coefficient (Wildman–Crippen LogP) is 4.22. The molecular weight excluding hydrogens is 416 g/mol. The van der Waals surface area contributed by atoms with Crippen LogP contribution in [0.2, 0.25) is 0 Å². The number of fused-ring (bicyclic) bond motifs is 2. The molecule has 0 bridgehead atoms. The fraction of sp³-hybridized carbons (Fsp3) is 0.286. The summed E-state index contributed by atoms with van der Waals surface area (Å²) in [6.07, 6.45) is 6.66. The quantitative estimate of drug-likeness (QED) is 0.422. The maximum atomic E-state index is 6.34. The number of para-hydroxylation sites is 1. The summed E-state index contributed by atoms with van der Waals surface area (Å²) in [5.41, 5.74) is 10.9. The number of nitrogen functional groups attached to an aromatic ring is 1. The summed E-state index contributed by atoms with van der Waals surface area (Å²) in [4.78, 5) is 9.46. The molecule has 0 aliphatic carbocycles. The van der Waals surface area contributed by atoms with Gasteiger partial charge in [-0.3, -0.25) is 4.98 Å². The highest BCUT2D eigenvalue weighted by Crippen LogP contribution is 2.31. The second-order valence-electron chi connectivity index (χ2n) is 6.82. The van der Waals surface area contributed by atoms with E-state index in [-0.39, 0.29) is 0 Å². The molecule has 0 spiro atoms. The lowest BCUT2D eigenvalue weighted by Crippen LogP contribution is -2.17. The fourth-order valence-corrected chi connectivity index (χ4v) is 3.77. The third-order valence-corrected chi connectivity index (χ3v) is 5.65. The molecule has 0 atom stereocenters. The predicted molar refractivity (Wildman–Crippen MR) is 117 cm³/mol. The van der Waals surface area contributed by atoms with E-state index in [1.54, 1.807) is 4.52 Å². The minimum atomic E-state index is 0.571. The van der Waals surface area contributed by atoms with Crippen molar-refractivity contribution in [1.29, 1.82) is 0 Å². The smallest absolute Gasteiger partial charge is 0.165 e. The minimum Gasteiger partial charge on any atom is -0.383 e. The van der Waals surface area contributed by atoms with Crippen molar-refractivity contribution in [1.82, 2.24) is 24.9 Å². The molecule has 1 aromatic carbocycles. The Morgan fingerprint density at radius 3 is 2.89 bits per heavy atom. The molecule has 4 rings (SSSR count). The summed E-state index contributed by atoms with van der Waals surface area (Å²) in [5.74, 6) is 0.571. The van der Waals surface area contributed by atoms with Crippen LogP contribution in [0.3, 0.4) is 0 Å². The van der Waals surface area contributed by atoms with Crippen molar-refractivity contribution >= 4 is 38.3 Å². The molecule has 144 valence electrons. The summed E-state index contributed by atoms with van der Waals surface area (Å²) in [6, 6.07) is 10.2. The van der Waals surface area contributed by atoms with E-state index in [1.165, 1.54) is 0 Å². The molecule has 3 N–H and O–H groups in total. The van der Waals surface area contributed by atoms with Crippen molar-refractivity contribution in [3.05, 3.63) is 52.9 Å². The van der Waals surface area contributed by atoms with Crippen molar-refractivity contribution in [3.63, 3.8) is 0 Å². The molecule has 0 aliphatic rings. The van der Waals surface area contributed by atoms with Crippen molar-refractivity contribution in [3.8, 4) is 11.1 Å². The lowest BCUT2D eigenvalue weighted by molar-refractivity contribution is 0.635. The molecule has 6 nitrogen and oxygen atoms in total. The molecule has 0 fully saturated rings. The topological polar surface area (TPSA) is 81.1 Å². The Hall–Kier alpha value is -2.51. The second kappa shape index (κ2) is 8.24. The molecule has 0 aliphatic heterocycles. The average Bonchev–Trinajstić information content (AvgIpc) is 3.15. The van der Waals surface area contributed by atoms with Gasteiger partial charge in [-0.25, -0.2) is 4.98 Å². The molecule has 7 heteroatoms. The lowest BCUT2D eigenvalue weighted by atomic mass is 10.1. The fourth-order valence-electron chi connectivity index (χ4n) is 3.31. The van der Waals surface area contributed by atoms with Crippen molar-refractivity contribution < 1.29 is 0 Å². The Morgan fingerprint density at radius 2 is 2.04 bits per heavy atom. The number of aromatic nitrogens is 4. The van der Waals surface area contributed by atoms with Crippen LogP contribution in [0.15, 0.2) is 47.2 Å². The summed E-state index contributed by atoms with van der Waals surface area (Å²) >= 11 is 3.60. The van der Waals surface area contributed by atoms with Gasteiger partial charge in [-0.1, -0.05) is 25.1 Å². The van der Waals surface area contributed by atoms with Gasteiger partial charge in [0.25, 0.3) is 0 Å². The number of pyridine rings is 1. The summed E-state index contributed by atoms with van der Waals surface area (Å²) < 4.78 is 2.51. The standard InChI is InChI=1S/C21H23BrN6/c1-2-9-24-10-5-8-18-19(22)20(23)28-21(27-18)16(13-26-28)15-11-14-6-3-4-7-17(14)25-12-15/h3-4,6-7,11-13,24H,2,5,8-10,23H2,1H3. The monoisotopic (exact) mass is 438 g/mol. The van der Waals surface area contributed by atoms with Crippen LogP contribution in [-0.2, 0) is 6.42 Å². The first-order chi connectivity index (χ1) is 13.7. The Labute approximate surface area is 172 Å².